The zero-order valence-corrected chi connectivity index (χ0v) is 8.00. The molecule has 68 valence electrons. The van der Waals surface area contributed by atoms with Gasteiger partial charge in [-0.1, -0.05) is 0 Å². The maximum atomic E-state index is 12.6. The van der Waals surface area contributed by atoms with Crippen molar-refractivity contribution in [3.63, 3.8) is 0 Å². The minimum atomic E-state index is -0.468. The molecule has 13 heavy (non-hydrogen) atoms. The highest BCUT2D eigenvalue weighted by Gasteiger charge is 2.02. The molecule has 0 radical (unpaired) electrons. The van der Waals surface area contributed by atoms with E-state index in [1.165, 1.54) is 12.3 Å². The molecule has 0 aliphatic carbocycles. The van der Waals surface area contributed by atoms with Gasteiger partial charge >= 0.3 is 0 Å². The second-order valence-corrected chi connectivity index (χ2v) is 3.16. The van der Waals surface area contributed by atoms with Crippen LogP contribution in [0.4, 0.5) is 4.39 Å². The average molecular weight is 198 g/mol. The molecule has 3 nitrogen and oxygen atoms in total. The molecule has 0 amide bonds. The van der Waals surface area contributed by atoms with Crippen LogP contribution in [0.25, 0.3) is 0 Å². The van der Waals surface area contributed by atoms with Crippen LogP contribution >= 0.6 is 0 Å². The second kappa shape index (κ2) is 4.13. The summed E-state index contributed by atoms with van der Waals surface area (Å²) in [5.74, 6) is -0.483. The number of amidine groups is 1. The third kappa shape index (κ3) is 2.95. The van der Waals surface area contributed by atoms with Gasteiger partial charge in [-0.25, -0.2) is 4.39 Å². The van der Waals surface area contributed by atoms with Crippen LogP contribution in [-0.2, 0) is 12.6 Å². The number of hydrogen-bond donors (Lipinski definition) is 1. The van der Waals surface area contributed by atoms with E-state index < -0.39 is 5.82 Å². The summed E-state index contributed by atoms with van der Waals surface area (Å²) in [7, 11) is 0. The third-order valence-corrected chi connectivity index (χ3v) is 1.37. The van der Waals surface area contributed by atoms with Crippen LogP contribution in [0.2, 0.25) is 0 Å². The highest BCUT2D eigenvalue weighted by molar-refractivity contribution is 7.77. The van der Waals surface area contributed by atoms with Crippen LogP contribution in [-0.4, -0.2) is 15.9 Å². The Hall–Kier alpha value is -1.23. The zero-order valence-electron chi connectivity index (χ0n) is 7.00. The van der Waals surface area contributed by atoms with Crippen LogP contribution in [0.15, 0.2) is 23.5 Å². The van der Waals surface area contributed by atoms with Gasteiger partial charge in [0.2, 0.25) is 5.04 Å². The number of pyridine rings is 1. The van der Waals surface area contributed by atoms with E-state index in [4.69, 9.17) is 5.41 Å². The fourth-order valence-electron chi connectivity index (χ4n) is 0.774. The topological polar surface area (TPSA) is 49.1 Å². The molecule has 0 fully saturated rings. The van der Waals surface area contributed by atoms with Crippen molar-refractivity contribution in [3.05, 3.63) is 29.8 Å². The smallest absolute Gasteiger partial charge is 0.216 e. The van der Waals surface area contributed by atoms with Crippen molar-refractivity contribution in [2.24, 2.45) is 4.99 Å². The number of nitrogens with zero attached hydrogens (tertiary/aromatic N) is 2. The Kier molecular flexibility index (Phi) is 3.13. The molecule has 0 saturated heterocycles. The normalized spacial score (nSPS) is 11.5. The molecule has 0 bridgehead atoms. The Bertz CT molecular complexity index is 358. The van der Waals surface area contributed by atoms with Crippen molar-refractivity contribution >= 4 is 23.5 Å². The number of aliphatic imine (C=N–C) groups is 1. The van der Waals surface area contributed by atoms with Gasteiger partial charge in [-0.15, -0.1) is 0 Å². The molecule has 5 heteroatoms. The molecule has 1 aromatic heterocycles. The summed E-state index contributed by atoms with van der Waals surface area (Å²) in [6.07, 6.45) is 2.48. The van der Waals surface area contributed by atoms with E-state index in [9.17, 15) is 4.39 Å². The summed E-state index contributed by atoms with van der Waals surface area (Å²) >= 11 is 3.13. The number of rotatable bonds is 1. The maximum absolute atomic E-state index is 12.6. The van der Waals surface area contributed by atoms with Gasteiger partial charge in [-0.05, 0) is 6.07 Å². The minimum absolute atomic E-state index is 0.0144. The van der Waals surface area contributed by atoms with E-state index in [-0.39, 0.29) is 5.84 Å². The quantitative estimate of drug-likeness (QED) is 0.408. The molecule has 1 aromatic rings. The maximum Gasteiger partial charge on any atom is 0.216 e. The van der Waals surface area contributed by atoms with Crippen LogP contribution < -0.4 is 0 Å². The van der Waals surface area contributed by atoms with Crippen molar-refractivity contribution in [1.82, 2.24) is 4.98 Å². The molecule has 1 N–H and O–H groups in total. The van der Waals surface area contributed by atoms with Gasteiger partial charge in [0.05, 0.1) is 6.20 Å². The molecular formula is C8H9FN3S+. The van der Waals surface area contributed by atoms with Crippen molar-refractivity contribution in [2.75, 3.05) is 0 Å². The third-order valence-electron chi connectivity index (χ3n) is 1.26. The molecule has 0 aliphatic rings. The van der Waals surface area contributed by atoms with Gasteiger partial charge in [-0.2, -0.15) is 4.99 Å². The largest absolute Gasteiger partial charge is 0.282 e. The highest BCUT2D eigenvalue weighted by atomic mass is 32.1. The first kappa shape index (κ1) is 9.85. The summed E-state index contributed by atoms with van der Waals surface area (Å²) in [5, 5.41) is 8.00. The van der Waals surface area contributed by atoms with E-state index >= 15 is 0 Å². The van der Waals surface area contributed by atoms with Crippen molar-refractivity contribution in [1.29, 1.82) is 5.41 Å². The lowest BCUT2D eigenvalue weighted by molar-refractivity contribution is 0.621. The standard InChI is InChI=1S/C8H8FN3S/c1-5(13)12-8(10)6-2-7(9)4-11-3-6/h2-4H,1H3,(H2,10,12,13)/p+1. The summed E-state index contributed by atoms with van der Waals surface area (Å²) < 4.78 is 12.6. The average Bonchev–Trinajstić information content (AvgIpc) is 2.03. The predicted octanol–water partition coefficient (Wildman–Crippen LogP) is 0.976. The lowest BCUT2D eigenvalue weighted by atomic mass is 10.2. The second-order valence-electron chi connectivity index (χ2n) is 2.44. The van der Waals surface area contributed by atoms with Crippen molar-refractivity contribution < 1.29 is 4.39 Å². The number of nitrogens with one attached hydrogen (secondary N) is 1. The predicted molar refractivity (Wildman–Crippen MR) is 54.3 cm³/mol. The number of halogens is 1. The van der Waals surface area contributed by atoms with Gasteiger partial charge in [0.25, 0.3) is 0 Å². The molecule has 0 aliphatic heterocycles. The first-order chi connectivity index (χ1) is 6.09. The van der Waals surface area contributed by atoms with E-state index in [0.29, 0.717) is 10.6 Å². The highest BCUT2D eigenvalue weighted by Crippen LogP contribution is 2.02. The van der Waals surface area contributed by atoms with Crippen LogP contribution in [0, 0.1) is 11.2 Å². The number of aromatic nitrogens is 1. The first-order valence-corrected chi connectivity index (χ1v) is 4.06. The van der Waals surface area contributed by atoms with Crippen LogP contribution in [0.3, 0.4) is 0 Å². The monoisotopic (exact) mass is 198 g/mol. The Labute approximate surface area is 80.6 Å². The van der Waals surface area contributed by atoms with E-state index in [1.807, 2.05) is 0 Å². The van der Waals surface area contributed by atoms with E-state index in [2.05, 4.69) is 22.6 Å². The van der Waals surface area contributed by atoms with Gasteiger partial charge in [0.15, 0.2) is 5.84 Å². The molecule has 0 aromatic carbocycles. The Balaban J connectivity index is 2.96. The fourth-order valence-corrected chi connectivity index (χ4v) is 0.885. The Morgan fingerprint density at radius 1 is 1.62 bits per heavy atom. The van der Waals surface area contributed by atoms with Crippen molar-refractivity contribution in [2.45, 2.75) is 6.92 Å². The van der Waals surface area contributed by atoms with E-state index in [1.54, 1.807) is 6.92 Å². The SMILES string of the molecule is CC([SH2+])=NC(=N)c1cncc(F)c1. The van der Waals surface area contributed by atoms with Gasteiger partial charge in [0, 0.05) is 31.3 Å². The van der Waals surface area contributed by atoms with Gasteiger partial charge in [-0.3, -0.25) is 10.4 Å². The molecule has 1 heterocycles. The molecule has 0 saturated carbocycles. The first-order valence-electron chi connectivity index (χ1n) is 3.56. The molecule has 1 rings (SSSR count). The summed E-state index contributed by atoms with van der Waals surface area (Å²) in [6.45, 7) is 1.69. The van der Waals surface area contributed by atoms with Crippen LogP contribution in [0.5, 0.6) is 0 Å². The van der Waals surface area contributed by atoms with Crippen LogP contribution in [0.1, 0.15) is 12.5 Å². The van der Waals surface area contributed by atoms with Gasteiger partial charge < -0.3 is 0 Å². The summed E-state index contributed by atoms with van der Waals surface area (Å²) in [4.78, 5) is 7.41. The molecular weight excluding hydrogens is 189 g/mol. The molecule has 0 atom stereocenters. The minimum Gasteiger partial charge on any atom is -0.282 e. The lowest BCUT2D eigenvalue weighted by Crippen LogP contribution is -1.99. The van der Waals surface area contributed by atoms with E-state index in [0.717, 1.165) is 6.20 Å². The molecule has 0 unspecified atom stereocenters. The summed E-state index contributed by atoms with van der Waals surface area (Å²) in [5.41, 5.74) is 0.359. The zero-order chi connectivity index (χ0) is 9.84. The number of hydrogen-bond acceptors (Lipinski definition) is 2. The lowest BCUT2D eigenvalue weighted by Gasteiger charge is -1.95. The molecule has 0 spiro atoms. The van der Waals surface area contributed by atoms with Gasteiger partial charge in [0.1, 0.15) is 5.82 Å². The van der Waals surface area contributed by atoms with Crippen molar-refractivity contribution in [3.8, 4) is 0 Å². The summed E-state index contributed by atoms with van der Waals surface area (Å²) in [6, 6.07) is 1.22. The Morgan fingerprint density at radius 3 is 2.85 bits per heavy atom. The fraction of sp³-hybridized carbons (Fsp3) is 0.125. The Morgan fingerprint density at radius 2 is 2.31 bits per heavy atom.